The number of fused-ring (bicyclic) bond motifs is 1. The van der Waals surface area contributed by atoms with Gasteiger partial charge in [0.2, 0.25) is 0 Å². The van der Waals surface area contributed by atoms with E-state index in [1.54, 1.807) is 0 Å². The van der Waals surface area contributed by atoms with E-state index in [0.29, 0.717) is 26.1 Å². The van der Waals surface area contributed by atoms with Gasteiger partial charge in [0, 0.05) is 43.2 Å². The molecule has 1 saturated heterocycles. The lowest BCUT2D eigenvalue weighted by Gasteiger charge is -2.36. The Morgan fingerprint density at radius 2 is 1.75 bits per heavy atom. The van der Waals surface area contributed by atoms with Crippen molar-refractivity contribution in [3.63, 3.8) is 0 Å². The number of benzene rings is 1. The molecule has 8 heteroatoms. The second kappa shape index (κ2) is 11.3. The summed E-state index contributed by atoms with van der Waals surface area (Å²) < 4.78 is 5.26. The molecule has 0 radical (unpaired) electrons. The molecule has 3 heterocycles. The van der Waals surface area contributed by atoms with Crippen LogP contribution in [0.15, 0.2) is 30.3 Å². The Kier molecular flexibility index (Phi) is 7.68. The maximum absolute atomic E-state index is 13.1. The van der Waals surface area contributed by atoms with E-state index in [9.17, 15) is 9.59 Å². The number of piperidine rings is 1. The number of hydrogen-bond donors (Lipinski definition) is 1. The first-order valence-corrected chi connectivity index (χ1v) is 13.5. The van der Waals surface area contributed by atoms with Gasteiger partial charge in [-0.2, -0.15) is 0 Å². The smallest absolute Gasteiger partial charge is 0.317 e. The minimum Gasteiger partial charge on any atom is -0.466 e. The van der Waals surface area contributed by atoms with Crippen LogP contribution in [0.1, 0.15) is 63.1 Å². The Bertz CT molecular complexity index is 1060. The SMILES string of the molecule is CCOC(=O)C1CCN(c2nc(-c3ccccc3)nc3c2CN(C(=O)NC2CCCCC2)CC3)CC1. The summed E-state index contributed by atoms with van der Waals surface area (Å²) in [4.78, 5) is 39.6. The number of ether oxygens (including phenoxy) is 1. The predicted molar refractivity (Wildman–Crippen MR) is 139 cm³/mol. The monoisotopic (exact) mass is 491 g/mol. The molecule has 1 aromatic carbocycles. The number of esters is 1. The molecule has 2 aromatic rings. The molecule has 8 nitrogen and oxygen atoms in total. The number of carbonyl (C=O) groups excluding carboxylic acids is 2. The molecule has 0 spiro atoms. The summed E-state index contributed by atoms with van der Waals surface area (Å²) in [6.07, 6.45) is 7.98. The van der Waals surface area contributed by atoms with E-state index in [1.807, 2.05) is 42.2 Å². The summed E-state index contributed by atoms with van der Waals surface area (Å²) in [5, 5.41) is 3.27. The third-order valence-electron chi connectivity index (χ3n) is 7.70. The van der Waals surface area contributed by atoms with Crippen molar-refractivity contribution in [1.29, 1.82) is 0 Å². The molecule has 0 bridgehead atoms. The van der Waals surface area contributed by atoms with Crippen molar-refractivity contribution in [1.82, 2.24) is 20.2 Å². The van der Waals surface area contributed by atoms with Gasteiger partial charge in [-0.15, -0.1) is 0 Å². The van der Waals surface area contributed by atoms with Crippen molar-refractivity contribution in [2.45, 2.75) is 70.9 Å². The molecule has 2 aliphatic heterocycles. The maximum atomic E-state index is 13.1. The zero-order valence-electron chi connectivity index (χ0n) is 21.2. The summed E-state index contributed by atoms with van der Waals surface area (Å²) in [5.74, 6) is 1.45. The van der Waals surface area contributed by atoms with Gasteiger partial charge in [0.1, 0.15) is 5.82 Å². The molecule has 192 valence electrons. The van der Waals surface area contributed by atoms with Gasteiger partial charge in [0.05, 0.1) is 24.8 Å². The molecule has 36 heavy (non-hydrogen) atoms. The fraction of sp³-hybridized carbons (Fsp3) is 0.571. The molecule has 2 amide bonds. The average molecular weight is 492 g/mol. The zero-order chi connectivity index (χ0) is 24.9. The van der Waals surface area contributed by atoms with Gasteiger partial charge in [-0.1, -0.05) is 49.6 Å². The maximum Gasteiger partial charge on any atom is 0.317 e. The minimum absolute atomic E-state index is 0.0201. The molecule has 0 unspecified atom stereocenters. The molecule has 1 aliphatic carbocycles. The lowest BCUT2D eigenvalue weighted by atomic mass is 9.95. The highest BCUT2D eigenvalue weighted by Crippen LogP contribution is 2.32. The van der Waals surface area contributed by atoms with E-state index >= 15 is 0 Å². The van der Waals surface area contributed by atoms with Crippen LogP contribution in [0.2, 0.25) is 0 Å². The first-order chi connectivity index (χ1) is 17.6. The van der Waals surface area contributed by atoms with E-state index in [1.165, 1.54) is 19.3 Å². The van der Waals surface area contributed by atoms with Gasteiger partial charge in [-0.25, -0.2) is 14.8 Å². The molecular formula is C28H37N5O3. The lowest BCUT2D eigenvalue weighted by molar-refractivity contribution is -0.148. The van der Waals surface area contributed by atoms with Crippen LogP contribution in [0.4, 0.5) is 10.6 Å². The van der Waals surface area contributed by atoms with Gasteiger partial charge in [0.15, 0.2) is 5.82 Å². The molecule has 1 N–H and O–H groups in total. The molecule has 2 fully saturated rings. The second-order valence-corrected chi connectivity index (χ2v) is 10.1. The Labute approximate surface area is 213 Å². The van der Waals surface area contributed by atoms with Gasteiger partial charge in [0.25, 0.3) is 0 Å². The van der Waals surface area contributed by atoms with Gasteiger partial charge in [-0.05, 0) is 32.6 Å². The molecule has 1 aromatic heterocycles. The highest BCUT2D eigenvalue weighted by Gasteiger charge is 2.32. The van der Waals surface area contributed by atoms with E-state index < -0.39 is 0 Å². The summed E-state index contributed by atoms with van der Waals surface area (Å²) >= 11 is 0. The Hall–Kier alpha value is -3.16. The number of urea groups is 1. The minimum atomic E-state index is -0.0996. The molecule has 0 atom stereocenters. The number of amides is 2. The van der Waals surface area contributed by atoms with Gasteiger partial charge < -0.3 is 19.9 Å². The quantitative estimate of drug-likeness (QED) is 0.627. The molecular weight excluding hydrogens is 454 g/mol. The Morgan fingerprint density at radius 3 is 2.47 bits per heavy atom. The summed E-state index contributed by atoms with van der Waals surface area (Å²) in [6.45, 7) is 4.89. The molecule has 3 aliphatic rings. The van der Waals surface area contributed by atoms with Crippen molar-refractivity contribution < 1.29 is 14.3 Å². The van der Waals surface area contributed by atoms with Crippen LogP contribution in [-0.4, -0.2) is 59.2 Å². The van der Waals surface area contributed by atoms with Crippen molar-refractivity contribution in [3.8, 4) is 11.4 Å². The number of rotatable bonds is 5. The predicted octanol–water partition coefficient (Wildman–Crippen LogP) is 4.32. The van der Waals surface area contributed by atoms with Crippen LogP contribution in [-0.2, 0) is 22.5 Å². The Balaban J connectivity index is 1.38. The highest BCUT2D eigenvalue weighted by atomic mass is 16.5. The first kappa shape index (κ1) is 24.5. The largest absolute Gasteiger partial charge is 0.466 e. The topological polar surface area (TPSA) is 87.7 Å². The zero-order valence-corrected chi connectivity index (χ0v) is 21.2. The normalized spacial score (nSPS) is 19.0. The van der Waals surface area contributed by atoms with Crippen LogP contribution in [0.3, 0.4) is 0 Å². The van der Waals surface area contributed by atoms with E-state index in [2.05, 4.69) is 10.2 Å². The van der Waals surface area contributed by atoms with Crippen LogP contribution in [0, 0.1) is 5.92 Å². The number of nitrogens with one attached hydrogen (secondary N) is 1. The van der Waals surface area contributed by atoms with Crippen molar-refractivity contribution in [3.05, 3.63) is 41.6 Å². The molecule has 1 saturated carbocycles. The number of anilines is 1. The van der Waals surface area contributed by atoms with Crippen molar-refractivity contribution in [2.75, 3.05) is 31.1 Å². The van der Waals surface area contributed by atoms with E-state index in [-0.39, 0.29) is 24.0 Å². The number of nitrogens with zero attached hydrogens (tertiary/aromatic N) is 4. The average Bonchev–Trinajstić information content (AvgIpc) is 2.93. The van der Waals surface area contributed by atoms with Crippen molar-refractivity contribution >= 4 is 17.8 Å². The van der Waals surface area contributed by atoms with Crippen molar-refractivity contribution in [2.24, 2.45) is 5.92 Å². The second-order valence-electron chi connectivity index (χ2n) is 10.1. The molecule has 5 rings (SSSR count). The summed E-state index contributed by atoms with van der Waals surface area (Å²) in [7, 11) is 0. The van der Waals surface area contributed by atoms with E-state index in [4.69, 9.17) is 14.7 Å². The highest BCUT2D eigenvalue weighted by molar-refractivity contribution is 5.76. The number of aromatic nitrogens is 2. The number of carbonyl (C=O) groups is 2. The third-order valence-corrected chi connectivity index (χ3v) is 7.70. The third kappa shape index (κ3) is 5.47. The number of hydrogen-bond acceptors (Lipinski definition) is 6. The standard InChI is InChI=1S/C28H37N5O3/c1-2-36-27(34)21-13-16-32(17-14-21)26-23-19-33(28(35)29-22-11-7-4-8-12-22)18-15-24(23)30-25(31-26)20-9-5-3-6-10-20/h3,5-6,9-10,21-22H,2,4,7-8,11-19H2,1H3,(H,29,35). The van der Waals surface area contributed by atoms with Crippen LogP contribution >= 0.6 is 0 Å². The van der Waals surface area contributed by atoms with Crippen LogP contribution in [0.25, 0.3) is 11.4 Å². The lowest BCUT2D eigenvalue weighted by Crippen LogP contribution is -2.48. The van der Waals surface area contributed by atoms with Crippen LogP contribution in [0.5, 0.6) is 0 Å². The van der Waals surface area contributed by atoms with Crippen LogP contribution < -0.4 is 10.2 Å². The van der Waals surface area contributed by atoms with Gasteiger partial charge >= 0.3 is 12.0 Å². The van der Waals surface area contributed by atoms with E-state index in [0.717, 1.165) is 67.2 Å². The first-order valence-electron chi connectivity index (χ1n) is 13.5. The summed E-state index contributed by atoms with van der Waals surface area (Å²) in [5.41, 5.74) is 3.04. The Morgan fingerprint density at radius 1 is 1.00 bits per heavy atom. The van der Waals surface area contributed by atoms with Gasteiger partial charge in [-0.3, -0.25) is 4.79 Å². The fourth-order valence-electron chi connectivity index (χ4n) is 5.65. The summed E-state index contributed by atoms with van der Waals surface area (Å²) in [6, 6.07) is 10.4. The fourth-order valence-corrected chi connectivity index (χ4v) is 5.65.